The first-order chi connectivity index (χ1) is 15.4. The number of thiophene rings is 1. The van der Waals surface area contributed by atoms with Gasteiger partial charge in [-0.3, -0.25) is 19.0 Å². The summed E-state index contributed by atoms with van der Waals surface area (Å²) in [6, 6.07) is 11.1. The topological polar surface area (TPSA) is 106 Å². The third-order valence-corrected chi connectivity index (χ3v) is 6.74. The number of carbonyl (C=O) groups is 2. The third-order valence-electron chi connectivity index (χ3n) is 4.76. The predicted molar refractivity (Wildman–Crippen MR) is 127 cm³/mol. The fourth-order valence-corrected chi connectivity index (χ4v) is 5.06. The van der Waals surface area contributed by atoms with Crippen LogP contribution in [-0.2, 0) is 22.7 Å². The van der Waals surface area contributed by atoms with E-state index in [1.54, 1.807) is 29.5 Å². The molecule has 0 atom stereocenters. The van der Waals surface area contributed by atoms with Crippen molar-refractivity contribution >= 4 is 50.5 Å². The highest BCUT2D eigenvalue weighted by Crippen LogP contribution is 2.34. The number of rotatable bonds is 7. The van der Waals surface area contributed by atoms with E-state index in [0.29, 0.717) is 22.6 Å². The quantitative estimate of drug-likeness (QED) is 0.432. The number of aromatic nitrogens is 3. The number of para-hydroxylation sites is 1. The molecular weight excluding hydrogens is 446 g/mol. The van der Waals surface area contributed by atoms with Gasteiger partial charge in [-0.15, -0.1) is 22.7 Å². The van der Waals surface area contributed by atoms with Crippen LogP contribution in [0.2, 0.25) is 0 Å². The maximum Gasteiger partial charge on any atom is 0.261 e. The minimum absolute atomic E-state index is 0.0727. The maximum atomic E-state index is 12.5. The number of nitrogens with one attached hydrogen (secondary N) is 2. The number of aryl methyl sites for hydroxylation is 2. The number of fused-ring (bicyclic) bond motifs is 1. The van der Waals surface area contributed by atoms with Crippen molar-refractivity contribution in [3.8, 4) is 10.6 Å². The second kappa shape index (κ2) is 9.41. The Hall–Kier alpha value is -3.37. The zero-order chi connectivity index (χ0) is 22.7. The predicted octanol–water partition coefficient (Wildman–Crippen LogP) is 3.55. The second-order valence-corrected chi connectivity index (χ2v) is 9.53. The summed E-state index contributed by atoms with van der Waals surface area (Å²) in [5, 5.41) is 6.66. The highest BCUT2D eigenvalue weighted by Gasteiger charge is 2.14. The van der Waals surface area contributed by atoms with Gasteiger partial charge in [-0.05, 0) is 31.2 Å². The van der Waals surface area contributed by atoms with Crippen molar-refractivity contribution in [2.24, 2.45) is 0 Å². The Kier molecular flexibility index (Phi) is 6.42. The Morgan fingerprint density at radius 2 is 1.94 bits per heavy atom. The normalized spacial score (nSPS) is 10.9. The van der Waals surface area contributed by atoms with Gasteiger partial charge in [0.2, 0.25) is 11.8 Å². The number of hydrogen-bond acceptors (Lipinski definition) is 7. The molecule has 0 bridgehead atoms. The summed E-state index contributed by atoms with van der Waals surface area (Å²) in [5.74, 6) is -0.292. The summed E-state index contributed by atoms with van der Waals surface area (Å²) in [6.07, 6.45) is 1.60. The van der Waals surface area contributed by atoms with E-state index in [1.807, 2.05) is 25.1 Å². The molecule has 0 aliphatic carbocycles. The lowest BCUT2D eigenvalue weighted by molar-refractivity contribution is -0.119. The first-order valence-corrected chi connectivity index (χ1v) is 11.6. The molecule has 3 heterocycles. The van der Waals surface area contributed by atoms with Gasteiger partial charge >= 0.3 is 0 Å². The van der Waals surface area contributed by atoms with E-state index in [1.165, 1.54) is 29.2 Å². The van der Waals surface area contributed by atoms with Gasteiger partial charge in [0.1, 0.15) is 0 Å². The summed E-state index contributed by atoms with van der Waals surface area (Å²) < 4.78 is 1.45. The van der Waals surface area contributed by atoms with Crippen LogP contribution in [0.25, 0.3) is 21.5 Å². The Balaban J connectivity index is 1.40. The van der Waals surface area contributed by atoms with E-state index >= 15 is 0 Å². The molecule has 2 amide bonds. The van der Waals surface area contributed by atoms with E-state index in [4.69, 9.17) is 0 Å². The van der Waals surface area contributed by atoms with Crippen LogP contribution in [0.1, 0.15) is 23.1 Å². The molecule has 10 heteroatoms. The highest BCUT2D eigenvalue weighted by molar-refractivity contribution is 7.18. The minimum atomic E-state index is -0.220. The molecule has 0 saturated carbocycles. The lowest BCUT2D eigenvalue weighted by atomic mass is 10.2. The molecule has 4 rings (SSSR count). The lowest BCUT2D eigenvalue weighted by Gasteiger charge is -2.06. The zero-order valence-corrected chi connectivity index (χ0v) is 19.2. The summed E-state index contributed by atoms with van der Waals surface area (Å²) >= 11 is 2.96. The third kappa shape index (κ3) is 4.92. The van der Waals surface area contributed by atoms with Gasteiger partial charge in [-0.2, -0.15) is 0 Å². The van der Waals surface area contributed by atoms with Gasteiger partial charge in [0.25, 0.3) is 5.56 Å². The van der Waals surface area contributed by atoms with Crippen LogP contribution in [0, 0.1) is 6.92 Å². The van der Waals surface area contributed by atoms with E-state index < -0.39 is 0 Å². The van der Waals surface area contributed by atoms with E-state index in [2.05, 4.69) is 20.6 Å². The van der Waals surface area contributed by atoms with Crippen molar-refractivity contribution in [2.75, 3.05) is 5.32 Å². The highest BCUT2D eigenvalue weighted by atomic mass is 32.1. The zero-order valence-electron chi connectivity index (χ0n) is 17.5. The molecule has 8 nitrogen and oxygen atoms in total. The van der Waals surface area contributed by atoms with E-state index in [9.17, 15) is 14.4 Å². The van der Waals surface area contributed by atoms with Crippen LogP contribution in [-0.4, -0.2) is 26.3 Å². The number of nitrogens with zero attached hydrogens (tertiary/aromatic N) is 3. The molecule has 4 aromatic rings. The van der Waals surface area contributed by atoms with E-state index in [0.717, 1.165) is 20.3 Å². The Bertz CT molecular complexity index is 1360. The first-order valence-electron chi connectivity index (χ1n) is 9.95. The molecule has 0 spiro atoms. The SMILES string of the molecule is CC(=O)NCc1ccc(-c2nc(NC(=O)CCn3cnc4ccccc4c3=O)sc2C)s1. The van der Waals surface area contributed by atoms with Crippen LogP contribution in [0.15, 0.2) is 47.5 Å². The van der Waals surface area contributed by atoms with Crippen molar-refractivity contribution < 1.29 is 9.59 Å². The van der Waals surface area contributed by atoms with Crippen molar-refractivity contribution in [1.29, 1.82) is 0 Å². The molecule has 3 aromatic heterocycles. The molecule has 32 heavy (non-hydrogen) atoms. The lowest BCUT2D eigenvalue weighted by Crippen LogP contribution is -2.23. The molecule has 0 aliphatic heterocycles. The van der Waals surface area contributed by atoms with E-state index in [-0.39, 0.29) is 30.3 Å². The average molecular weight is 468 g/mol. The number of carbonyl (C=O) groups excluding carboxylic acids is 2. The Morgan fingerprint density at radius 3 is 2.75 bits per heavy atom. The number of benzene rings is 1. The molecule has 0 fully saturated rings. The summed E-state index contributed by atoms with van der Waals surface area (Å²) in [6.45, 7) is 4.16. The number of thiazole rings is 1. The van der Waals surface area contributed by atoms with Crippen molar-refractivity contribution in [2.45, 2.75) is 33.4 Å². The van der Waals surface area contributed by atoms with Crippen molar-refractivity contribution in [3.05, 3.63) is 62.8 Å². The second-order valence-electron chi connectivity index (χ2n) is 7.16. The molecule has 0 aliphatic rings. The number of hydrogen-bond donors (Lipinski definition) is 2. The van der Waals surface area contributed by atoms with Crippen molar-refractivity contribution in [1.82, 2.24) is 19.9 Å². The van der Waals surface area contributed by atoms with Crippen LogP contribution < -0.4 is 16.2 Å². The first kappa shape index (κ1) is 21.8. The molecule has 1 aromatic carbocycles. The van der Waals surface area contributed by atoms with Crippen molar-refractivity contribution in [3.63, 3.8) is 0 Å². The van der Waals surface area contributed by atoms with Crippen LogP contribution >= 0.6 is 22.7 Å². The molecular formula is C22H21N5O3S2. The van der Waals surface area contributed by atoms with Gasteiger partial charge in [0, 0.05) is 29.6 Å². The molecule has 0 unspecified atom stereocenters. The number of amides is 2. The molecule has 0 saturated heterocycles. The monoisotopic (exact) mass is 467 g/mol. The van der Waals surface area contributed by atoms with Gasteiger partial charge in [-0.25, -0.2) is 9.97 Å². The summed E-state index contributed by atoms with van der Waals surface area (Å²) in [4.78, 5) is 47.9. The van der Waals surface area contributed by atoms with Crippen LogP contribution in [0.3, 0.4) is 0 Å². The minimum Gasteiger partial charge on any atom is -0.351 e. The van der Waals surface area contributed by atoms with Crippen LogP contribution in [0.4, 0.5) is 5.13 Å². The fraction of sp³-hybridized carbons (Fsp3) is 0.227. The number of anilines is 1. The Labute approximate surface area is 192 Å². The largest absolute Gasteiger partial charge is 0.351 e. The standard InChI is InChI=1S/C22H21N5O3S2/c1-13-20(18-8-7-15(32-18)11-23-14(2)28)26-22(31-13)25-19(29)9-10-27-12-24-17-6-4-3-5-16(17)21(27)30/h3-8,12H,9-11H2,1-2H3,(H,23,28)(H,25,26,29). The van der Waals surface area contributed by atoms with Gasteiger partial charge in [0.15, 0.2) is 5.13 Å². The Morgan fingerprint density at radius 1 is 1.12 bits per heavy atom. The van der Waals surface area contributed by atoms with Gasteiger partial charge < -0.3 is 10.6 Å². The smallest absolute Gasteiger partial charge is 0.261 e. The average Bonchev–Trinajstić information content (AvgIpc) is 3.38. The maximum absolute atomic E-state index is 12.5. The van der Waals surface area contributed by atoms with Crippen LogP contribution in [0.5, 0.6) is 0 Å². The summed E-state index contributed by atoms with van der Waals surface area (Å²) in [7, 11) is 0. The summed E-state index contributed by atoms with van der Waals surface area (Å²) in [5.41, 5.74) is 1.29. The van der Waals surface area contributed by atoms with Gasteiger partial charge in [0.05, 0.1) is 34.3 Å². The molecule has 164 valence electrons. The molecule has 0 radical (unpaired) electrons. The molecule has 2 N–H and O–H groups in total. The van der Waals surface area contributed by atoms with Gasteiger partial charge in [-0.1, -0.05) is 12.1 Å². The fourth-order valence-electron chi connectivity index (χ4n) is 3.16.